The molecule has 1 atom stereocenters. The minimum atomic E-state index is 0.00133. The summed E-state index contributed by atoms with van der Waals surface area (Å²) in [4.78, 5) is 6.45. The van der Waals surface area contributed by atoms with Crippen LogP contribution in [0.5, 0.6) is 5.75 Å². The maximum atomic E-state index is 7.47. The molecule has 3 N–H and O–H groups in total. The van der Waals surface area contributed by atoms with Crippen LogP contribution in [-0.2, 0) is 0 Å². The summed E-state index contributed by atoms with van der Waals surface area (Å²) in [6.07, 6.45) is 1.75. The summed E-state index contributed by atoms with van der Waals surface area (Å²) in [7, 11) is 0. The Kier molecular flexibility index (Phi) is 5.42. The van der Waals surface area contributed by atoms with Crippen molar-refractivity contribution in [3.63, 3.8) is 0 Å². The van der Waals surface area contributed by atoms with Gasteiger partial charge in [0.25, 0.3) is 0 Å². The highest BCUT2D eigenvalue weighted by Crippen LogP contribution is 2.25. The first-order valence-corrected chi connectivity index (χ1v) is 6.26. The first-order chi connectivity index (χ1) is 8.60. The fourth-order valence-electron chi connectivity index (χ4n) is 1.68. The molecule has 0 aliphatic heterocycles. The molecule has 0 radical (unpaired) electrons. The number of nitrogens with two attached hydrogens (primary N) is 1. The van der Waals surface area contributed by atoms with E-state index in [1.807, 2.05) is 26.0 Å². The smallest absolute Gasteiger partial charge is 0.171 e. The Morgan fingerprint density at radius 2 is 2.28 bits per heavy atom. The van der Waals surface area contributed by atoms with Crippen LogP contribution in [0.4, 0.5) is 5.82 Å². The summed E-state index contributed by atoms with van der Waals surface area (Å²) in [6, 6.07) is 3.77. The second kappa shape index (κ2) is 6.83. The molecule has 1 unspecified atom stereocenters. The number of hydrogen-bond acceptors (Lipinski definition) is 4. The molecular weight excluding hydrogens is 228 g/mol. The van der Waals surface area contributed by atoms with Crippen molar-refractivity contribution in [1.29, 1.82) is 5.41 Å². The lowest BCUT2D eigenvalue weighted by atomic mass is 10.1. The van der Waals surface area contributed by atoms with Crippen molar-refractivity contribution in [2.24, 2.45) is 11.7 Å². The number of rotatable bonds is 7. The van der Waals surface area contributed by atoms with Gasteiger partial charge in [-0.05, 0) is 26.0 Å². The van der Waals surface area contributed by atoms with E-state index in [-0.39, 0.29) is 11.8 Å². The highest BCUT2D eigenvalue weighted by Gasteiger charge is 2.16. The molecule has 1 heterocycles. The zero-order chi connectivity index (χ0) is 13.5. The molecule has 0 amide bonds. The summed E-state index contributed by atoms with van der Waals surface area (Å²) < 4.78 is 5.57. The highest BCUT2D eigenvalue weighted by molar-refractivity contribution is 5.79. The van der Waals surface area contributed by atoms with Crippen molar-refractivity contribution >= 4 is 11.7 Å². The van der Waals surface area contributed by atoms with E-state index in [2.05, 4.69) is 16.8 Å². The zero-order valence-electron chi connectivity index (χ0n) is 11.3. The maximum Gasteiger partial charge on any atom is 0.171 e. The van der Waals surface area contributed by atoms with E-state index in [4.69, 9.17) is 15.9 Å². The quantitative estimate of drug-likeness (QED) is 0.572. The number of nitrogens with zero attached hydrogens (tertiary/aromatic N) is 2. The van der Waals surface area contributed by atoms with Gasteiger partial charge >= 0.3 is 0 Å². The van der Waals surface area contributed by atoms with Gasteiger partial charge in [-0.3, -0.25) is 5.41 Å². The van der Waals surface area contributed by atoms with Gasteiger partial charge in [-0.2, -0.15) is 0 Å². The number of nitrogens with one attached hydrogen (secondary N) is 1. The third kappa shape index (κ3) is 3.61. The molecule has 5 nitrogen and oxygen atoms in total. The molecule has 0 bridgehead atoms. The van der Waals surface area contributed by atoms with Gasteiger partial charge in [-0.25, -0.2) is 4.98 Å². The lowest BCUT2D eigenvalue weighted by Gasteiger charge is -2.26. The van der Waals surface area contributed by atoms with Crippen molar-refractivity contribution < 1.29 is 4.74 Å². The average molecular weight is 250 g/mol. The molecule has 0 spiro atoms. The highest BCUT2D eigenvalue weighted by atomic mass is 16.5. The summed E-state index contributed by atoms with van der Waals surface area (Å²) in [5.41, 5.74) is 5.52. The van der Waals surface area contributed by atoms with Crippen LogP contribution in [0.15, 0.2) is 18.3 Å². The predicted molar refractivity (Wildman–Crippen MR) is 74.4 cm³/mol. The number of amidine groups is 1. The van der Waals surface area contributed by atoms with Gasteiger partial charge in [0, 0.05) is 25.2 Å². The lowest BCUT2D eigenvalue weighted by molar-refractivity contribution is 0.339. The van der Waals surface area contributed by atoms with Crippen LogP contribution in [0, 0.1) is 11.3 Å². The topological polar surface area (TPSA) is 75.2 Å². The Morgan fingerprint density at radius 1 is 1.56 bits per heavy atom. The first-order valence-electron chi connectivity index (χ1n) is 6.26. The van der Waals surface area contributed by atoms with Gasteiger partial charge in [0.05, 0.1) is 12.4 Å². The van der Waals surface area contributed by atoms with Crippen LogP contribution in [-0.4, -0.2) is 30.5 Å². The maximum absolute atomic E-state index is 7.47. The second-order valence-electron chi connectivity index (χ2n) is 4.15. The van der Waals surface area contributed by atoms with Crippen molar-refractivity contribution in [2.45, 2.75) is 20.8 Å². The van der Waals surface area contributed by atoms with Crippen LogP contribution in [0.2, 0.25) is 0 Å². The van der Waals surface area contributed by atoms with Crippen molar-refractivity contribution in [1.82, 2.24) is 4.98 Å². The third-order valence-electron chi connectivity index (χ3n) is 2.76. The summed E-state index contributed by atoms with van der Waals surface area (Å²) in [5, 5.41) is 7.47. The Morgan fingerprint density at radius 3 is 2.83 bits per heavy atom. The second-order valence-corrected chi connectivity index (χ2v) is 4.15. The Balaban J connectivity index is 2.90. The molecule has 0 saturated carbocycles. The van der Waals surface area contributed by atoms with Crippen molar-refractivity contribution in [2.75, 3.05) is 24.6 Å². The number of hydrogen-bond donors (Lipinski definition) is 2. The van der Waals surface area contributed by atoms with Gasteiger partial charge in [0.1, 0.15) is 0 Å². The van der Waals surface area contributed by atoms with Gasteiger partial charge in [-0.1, -0.05) is 6.92 Å². The van der Waals surface area contributed by atoms with Crippen LogP contribution in [0.1, 0.15) is 20.8 Å². The minimum Gasteiger partial charge on any atom is -0.490 e. The average Bonchev–Trinajstić information content (AvgIpc) is 2.37. The van der Waals surface area contributed by atoms with E-state index in [1.54, 1.807) is 6.20 Å². The SMILES string of the molecule is CCOc1cccnc1N(CC)CC(C)C(=N)N. The minimum absolute atomic E-state index is 0.00133. The number of ether oxygens (including phenoxy) is 1. The van der Waals surface area contributed by atoms with Gasteiger partial charge < -0.3 is 15.4 Å². The van der Waals surface area contributed by atoms with Gasteiger partial charge in [-0.15, -0.1) is 0 Å². The normalized spacial score (nSPS) is 11.9. The van der Waals surface area contributed by atoms with Crippen LogP contribution < -0.4 is 15.4 Å². The number of aromatic nitrogens is 1. The van der Waals surface area contributed by atoms with E-state index in [0.29, 0.717) is 13.2 Å². The molecule has 0 aliphatic rings. The summed E-state index contributed by atoms with van der Waals surface area (Å²) >= 11 is 0. The standard InChI is InChI=1S/C13H22N4O/c1-4-17(9-10(3)12(14)15)13-11(18-5-2)7-6-8-16-13/h6-8,10H,4-5,9H2,1-3H3,(H3,14,15). The summed E-state index contributed by atoms with van der Waals surface area (Å²) in [5.74, 6) is 1.79. The van der Waals surface area contributed by atoms with E-state index in [9.17, 15) is 0 Å². The molecule has 0 saturated heterocycles. The number of anilines is 1. The fourth-order valence-corrected chi connectivity index (χ4v) is 1.68. The third-order valence-corrected chi connectivity index (χ3v) is 2.76. The van der Waals surface area contributed by atoms with E-state index in [0.717, 1.165) is 18.1 Å². The molecular formula is C13H22N4O. The molecule has 5 heteroatoms. The fraction of sp³-hybridized carbons (Fsp3) is 0.538. The zero-order valence-corrected chi connectivity index (χ0v) is 11.3. The molecule has 18 heavy (non-hydrogen) atoms. The molecule has 100 valence electrons. The van der Waals surface area contributed by atoms with Crippen LogP contribution in [0.3, 0.4) is 0 Å². The molecule has 1 rings (SSSR count). The Hall–Kier alpha value is -1.78. The first kappa shape index (κ1) is 14.3. The molecule has 0 aliphatic carbocycles. The lowest BCUT2D eigenvalue weighted by Crippen LogP contribution is -2.35. The predicted octanol–water partition coefficient (Wildman–Crippen LogP) is 1.88. The van der Waals surface area contributed by atoms with E-state index < -0.39 is 0 Å². The van der Waals surface area contributed by atoms with E-state index in [1.165, 1.54) is 0 Å². The largest absolute Gasteiger partial charge is 0.490 e. The Bertz CT molecular complexity index is 394. The molecule has 1 aromatic rings. The number of pyridine rings is 1. The monoisotopic (exact) mass is 250 g/mol. The van der Waals surface area contributed by atoms with Gasteiger partial charge in [0.15, 0.2) is 11.6 Å². The van der Waals surface area contributed by atoms with Crippen LogP contribution >= 0.6 is 0 Å². The summed E-state index contributed by atoms with van der Waals surface area (Å²) in [6.45, 7) is 8.02. The molecule has 0 fully saturated rings. The van der Waals surface area contributed by atoms with Crippen LogP contribution in [0.25, 0.3) is 0 Å². The van der Waals surface area contributed by atoms with Gasteiger partial charge in [0.2, 0.25) is 0 Å². The Labute approximate surface area is 108 Å². The van der Waals surface area contributed by atoms with Crippen molar-refractivity contribution in [3.05, 3.63) is 18.3 Å². The molecule has 0 aromatic carbocycles. The van der Waals surface area contributed by atoms with E-state index >= 15 is 0 Å². The molecule has 1 aromatic heterocycles. The van der Waals surface area contributed by atoms with Crippen molar-refractivity contribution in [3.8, 4) is 5.75 Å².